The summed E-state index contributed by atoms with van der Waals surface area (Å²) in [4.78, 5) is 27.3. The maximum Gasteiger partial charge on any atom is 0.242 e. The minimum atomic E-state index is -0.477. The lowest BCUT2D eigenvalue weighted by molar-refractivity contribution is -0.137. The number of hydrogen-bond acceptors (Lipinski definition) is 3. The Kier molecular flexibility index (Phi) is 9.95. The van der Waals surface area contributed by atoms with Gasteiger partial charge in [0.15, 0.2) is 0 Å². The summed E-state index contributed by atoms with van der Waals surface area (Å²) in [6.45, 7) is 9.19. The zero-order valence-corrected chi connectivity index (χ0v) is 19.4. The van der Waals surface area contributed by atoms with E-state index in [1.807, 2.05) is 32.0 Å². The van der Waals surface area contributed by atoms with E-state index < -0.39 is 6.04 Å². The molecule has 30 heavy (non-hydrogen) atoms. The fraction of sp³-hybridized carbons (Fsp3) is 0.440. The Bertz CT molecular complexity index is 803. The van der Waals surface area contributed by atoms with E-state index in [2.05, 4.69) is 49.5 Å². The van der Waals surface area contributed by atoms with Gasteiger partial charge in [-0.1, -0.05) is 66.6 Å². The van der Waals surface area contributed by atoms with Crippen molar-refractivity contribution in [3.63, 3.8) is 0 Å². The maximum atomic E-state index is 13.0. The van der Waals surface area contributed by atoms with Crippen LogP contribution in [0.1, 0.15) is 42.5 Å². The van der Waals surface area contributed by atoms with E-state index in [4.69, 9.17) is 0 Å². The Balaban J connectivity index is 1.99. The van der Waals surface area contributed by atoms with Gasteiger partial charge in [0.2, 0.25) is 11.8 Å². The normalized spacial score (nSPS) is 11.7. The van der Waals surface area contributed by atoms with E-state index in [0.717, 1.165) is 18.6 Å². The number of benzene rings is 2. The monoisotopic (exact) mass is 426 g/mol. The van der Waals surface area contributed by atoms with Crippen molar-refractivity contribution >= 4 is 23.6 Å². The van der Waals surface area contributed by atoms with E-state index >= 15 is 0 Å². The van der Waals surface area contributed by atoms with Crippen LogP contribution < -0.4 is 5.32 Å². The third-order valence-corrected chi connectivity index (χ3v) is 5.97. The average Bonchev–Trinajstić information content (AvgIpc) is 2.72. The Hall–Kier alpha value is -2.27. The van der Waals surface area contributed by atoms with Crippen LogP contribution in [-0.4, -0.2) is 41.6 Å². The Morgan fingerprint density at radius 1 is 1.03 bits per heavy atom. The van der Waals surface area contributed by atoms with Crippen LogP contribution in [0.4, 0.5) is 0 Å². The largest absolute Gasteiger partial charge is 0.354 e. The van der Waals surface area contributed by atoms with Crippen molar-refractivity contribution < 1.29 is 9.59 Å². The first-order valence-electron chi connectivity index (χ1n) is 10.7. The molecule has 2 rings (SSSR count). The highest BCUT2D eigenvalue weighted by Crippen LogP contribution is 2.17. The number of aryl methyl sites for hydroxylation is 2. The van der Waals surface area contributed by atoms with E-state index in [1.54, 1.807) is 16.7 Å². The van der Waals surface area contributed by atoms with Gasteiger partial charge in [-0.3, -0.25) is 9.59 Å². The molecule has 0 spiro atoms. The third kappa shape index (κ3) is 7.86. The second-order valence-electron chi connectivity index (χ2n) is 7.78. The van der Waals surface area contributed by atoms with Crippen LogP contribution in [0.25, 0.3) is 0 Å². The van der Waals surface area contributed by atoms with Gasteiger partial charge in [0, 0.05) is 18.8 Å². The molecule has 0 saturated heterocycles. The van der Waals surface area contributed by atoms with Crippen molar-refractivity contribution in [1.29, 1.82) is 0 Å². The second kappa shape index (κ2) is 12.4. The van der Waals surface area contributed by atoms with Crippen molar-refractivity contribution in [3.05, 3.63) is 70.8 Å². The molecule has 4 nitrogen and oxygen atoms in total. The molecule has 0 aromatic heterocycles. The molecule has 0 heterocycles. The molecular weight excluding hydrogens is 392 g/mol. The van der Waals surface area contributed by atoms with Gasteiger partial charge in [0.25, 0.3) is 0 Å². The summed E-state index contributed by atoms with van der Waals surface area (Å²) in [5.41, 5.74) is 4.87. The van der Waals surface area contributed by atoms with Crippen LogP contribution in [0.2, 0.25) is 0 Å². The molecule has 5 heteroatoms. The molecule has 2 aromatic carbocycles. The summed E-state index contributed by atoms with van der Waals surface area (Å²) in [6.07, 6.45) is 1.61. The van der Waals surface area contributed by atoms with Crippen LogP contribution in [0.3, 0.4) is 0 Å². The van der Waals surface area contributed by atoms with Gasteiger partial charge in [-0.2, -0.15) is 0 Å². The van der Waals surface area contributed by atoms with Crippen molar-refractivity contribution in [2.75, 3.05) is 18.8 Å². The summed E-state index contributed by atoms with van der Waals surface area (Å²) in [5, 5.41) is 2.92. The molecule has 162 valence electrons. The maximum absolute atomic E-state index is 13.0. The summed E-state index contributed by atoms with van der Waals surface area (Å²) < 4.78 is 0. The lowest BCUT2D eigenvalue weighted by Crippen LogP contribution is -2.49. The van der Waals surface area contributed by atoms with Gasteiger partial charge in [-0.05, 0) is 44.7 Å². The molecule has 0 bridgehead atoms. The molecule has 2 amide bonds. The molecule has 0 aliphatic rings. The zero-order chi connectivity index (χ0) is 21.9. The van der Waals surface area contributed by atoms with Crippen molar-refractivity contribution in [1.82, 2.24) is 10.2 Å². The van der Waals surface area contributed by atoms with Gasteiger partial charge in [0.05, 0.1) is 5.75 Å². The van der Waals surface area contributed by atoms with Gasteiger partial charge in [-0.25, -0.2) is 0 Å². The highest BCUT2D eigenvalue weighted by molar-refractivity contribution is 7.99. The molecule has 0 unspecified atom stereocenters. The van der Waals surface area contributed by atoms with Crippen molar-refractivity contribution in [2.24, 2.45) is 0 Å². The Morgan fingerprint density at radius 3 is 2.33 bits per heavy atom. The second-order valence-corrected chi connectivity index (χ2v) is 8.76. The first kappa shape index (κ1) is 24.0. The molecule has 1 N–H and O–H groups in total. The number of amides is 2. The van der Waals surface area contributed by atoms with Gasteiger partial charge in [-0.15, -0.1) is 11.8 Å². The highest BCUT2D eigenvalue weighted by atomic mass is 32.2. The average molecular weight is 427 g/mol. The predicted octanol–water partition coefficient (Wildman–Crippen LogP) is 4.52. The number of rotatable bonds is 11. The predicted molar refractivity (Wildman–Crippen MR) is 127 cm³/mol. The van der Waals surface area contributed by atoms with Gasteiger partial charge >= 0.3 is 0 Å². The molecular formula is C25H34N2O2S. The van der Waals surface area contributed by atoms with Gasteiger partial charge < -0.3 is 10.2 Å². The van der Waals surface area contributed by atoms with Crippen LogP contribution in [0, 0.1) is 13.8 Å². The topological polar surface area (TPSA) is 49.4 Å². The Labute approximate surface area is 185 Å². The van der Waals surface area contributed by atoms with Gasteiger partial charge in [0.1, 0.15) is 6.04 Å². The van der Waals surface area contributed by atoms with E-state index in [9.17, 15) is 9.59 Å². The SMILES string of the molecule is CCCNC(=O)[C@@H](C)N(CCc1ccccc1)C(=O)CSCc1cc(C)cc(C)c1. The number of hydrogen-bond donors (Lipinski definition) is 1. The van der Waals surface area contributed by atoms with Crippen LogP contribution in [0.15, 0.2) is 48.5 Å². The third-order valence-electron chi connectivity index (χ3n) is 4.98. The smallest absolute Gasteiger partial charge is 0.242 e. The summed E-state index contributed by atoms with van der Waals surface area (Å²) in [6, 6.07) is 16.1. The van der Waals surface area contributed by atoms with E-state index in [-0.39, 0.29) is 11.8 Å². The van der Waals surface area contributed by atoms with Crippen molar-refractivity contribution in [3.8, 4) is 0 Å². The number of carbonyl (C=O) groups is 2. The molecule has 0 aliphatic carbocycles. The van der Waals surface area contributed by atoms with E-state index in [0.29, 0.717) is 18.8 Å². The molecule has 0 saturated carbocycles. The summed E-state index contributed by atoms with van der Waals surface area (Å²) >= 11 is 1.61. The number of carbonyl (C=O) groups excluding carboxylic acids is 2. The van der Waals surface area contributed by atoms with Crippen LogP contribution in [-0.2, 0) is 21.8 Å². The van der Waals surface area contributed by atoms with Crippen LogP contribution >= 0.6 is 11.8 Å². The lowest BCUT2D eigenvalue weighted by atomic mass is 10.1. The Morgan fingerprint density at radius 2 is 1.70 bits per heavy atom. The molecule has 1 atom stereocenters. The lowest BCUT2D eigenvalue weighted by Gasteiger charge is -2.28. The first-order valence-corrected chi connectivity index (χ1v) is 11.8. The highest BCUT2D eigenvalue weighted by Gasteiger charge is 2.25. The van der Waals surface area contributed by atoms with Crippen LogP contribution in [0.5, 0.6) is 0 Å². The molecule has 0 aliphatic heterocycles. The minimum Gasteiger partial charge on any atom is -0.354 e. The quantitative estimate of drug-likeness (QED) is 0.575. The van der Waals surface area contributed by atoms with Crippen molar-refractivity contribution in [2.45, 2.75) is 52.3 Å². The fourth-order valence-electron chi connectivity index (χ4n) is 3.46. The number of nitrogens with zero attached hydrogens (tertiary/aromatic N) is 1. The summed E-state index contributed by atoms with van der Waals surface area (Å²) in [5.74, 6) is 1.08. The number of thioether (sulfide) groups is 1. The summed E-state index contributed by atoms with van der Waals surface area (Å²) in [7, 11) is 0. The zero-order valence-electron chi connectivity index (χ0n) is 18.6. The van der Waals surface area contributed by atoms with E-state index in [1.165, 1.54) is 22.3 Å². The molecule has 0 radical (unpaired) electrons. The number of nitrogens with one attached hydrogen (secondary N) is 1. The molecule has 0 fully saturated rings. The fourth-order valence-corrected chi connectivity index (χ4v) is 4.30. The first-order chi connectivity index (χ1) is 14.4. The standard InChI is InChI=1S/C25H34N2O2S/c1-5-12-26-25(29)21(4)27(13-11-22-9-7-6-8-10-22)24(28)18-30-17-23-15-19(2)14-20(3)16-23/h6-10,14-16,21H,5,11-13,17-18H2,1-4H3,(H,26,29)/t21-/m1/s1. The molecule has 2 aromatic rings. The minimum absolute atomic E-state index is 0.0134.